The lowest BCUT2D eigenvalue weighted by atomic mass is 10.0. The molecular formula is C48H28N6S5. The molecule has 0 fully saturated rings. The molecule has 0 unspecified atom stereocenters. The molecule has 59 heavy (non-hydrogen) atoms. The van der Waals surface area contributed by atoms with E-state index in [1.807, 2.05) is 0 Å². The number of anilines is 6. The summed E-state index contributed by atoms with van der Waals surface area (Å²) >= 11 is 8.24. The van der Waals surface area contributed by atoms with Crippen LogP contribution in [0.5, 0.6) is 0 Å². The summed E-state index contributed by atoms with van der Waals surface area (Å²) in [5.41, 5.74) is 11.4. The molecule has 6 heterocycles. The molecule has 11 heteroatoms. The van der Waals surface area contributed by atoms with Gasteiger partial charge in [0.05, 0.1) is 32.2 Å². The molecule has 0 amide bonds. The van der Waals surface area contributed by atoms with Gasteiger partial charge in [-0.2, -0.15) is 8.75 Å². The first-order valence-electron chi connectivity index (χ1n) is 19.0. The van der Waals surface area contributed by atoms with E-state index in [2.05, 4.69) is 178 Å². The van der Waals surface area contributed by atoms with E-state index in [0.29, 0.717) is 0 Å². The van der Waals surface area contributed by atoms with Gasteiger partial charge in [-0.3, -0.25) is 0 Å². The molecule has 0 N–H and O–H groups in total. The van der Waals surface area contributed by atoms with Gasteiger partial charge >= 0.3 is 0 Å². The van der Waals surface area contributed by atoms with E-state index in [9.17, 15) is 0 Å². The van der Waals surface area contributed by atoms with Gasteiger partial charge in [-0.1, -0.05) is 72.8 Å². The van der Waals surface area contributed by atoms with Crippen LogP contribution in [-0.4, -0.2) is 18.7 Å². The van der Waals surface area contributed by atoms with Crippen LogP contribution in [0.15, 0.2) is 168 Å². The van der Waals surface area contributed by atoms with Crippen LogP contribution >= 0.6 is 57.1 Å². The second kappa shape index (κ2) is 14.2. The number of fused-ring (bicyclic) bond motifs is 8. The number of benzene rings is 6. The first-order valence-corrected chi connectivity index (χ1v) is 23.1. The molecule has 6 aromatic carbocycles. The van der Waals surface area contributed by atoms with Crippen molar-refractivity contribution >= 4 is 143 Å². The van der Waals surface area contributed by atoms with Crippen molar-refractivity contribution in [1.82, 2.24) is 18.7 Å². The van der Waals surface area contributed by atoms with E-state index in [1.165, 1.54) is 21.1 Å². The normalized spacial score (nSPS) is 11.7. The highest BCUT2D eigenvalue weighted by atomic mass is 32.1. The minimum atomic E-state index is 0.826. The van der Waals surface area contributed by atoms with Crippen molar-refractivity contribution in [3.8, 4) is 20.9 Å². The maximum absolute atomic E-state index is 5.68. The Balaban J connectivity index is 1.13. The second-order valence-electron chi connectivity index (χ2n) is 13.9. The molecule has 6 nitrogen and oxygen atoms in total. The van der Waals surface area contributed by atoms with E-state index < -0.39 is 0 Å². The number of hydrogen-bond donors (Lipinski definition) is 0. The average molecular weight is 849 g/mol. The minimum absolute atomic E-state index is 0.826. The van der Waals surface area contributed by atoms with Crippen molar-refractivity contribution in [2.45, 2.75) is 0 Å². The van der Waals surface area contributed by atoms with Crippen LogP contribution in [0.25, 0.3) is 74.2 Å². The SMILES string of the molecule is c1ccc(N(c2ccccc2)c2ccc(-c3c4nsnc4c(-c4ccc(N(c5ccccc5)c5ccccc5)s4)c4nc5c6ccsc6c6sccc6c5nc34)s2)cc1. The monoisotopic (exact) mass is 848 g/mol. The molecule has 0 aliphatic rings. The van der Waals surface area contributed by atoms with E-state index in [1.54, 1.807) is 45.3 Å². The topological polar surface area (TPSA) is 58.0 Å². The third kappa shape index (κ3) is 5.69. The number of nitrogens with zero attached hydrogens (tertiary/aromatic N) is 6. The summed E-state index contributed by atoms with van der Waals surface area (Å²) in [6.07, 6.45) is 0. The van der Waals surface area contributed by atoms with Crippen LogP contribution in [0.2, 0.25) is 0 Å². The Kier molecular flexibility index (Phi) is 8.34. The quantitative estimate of drug-likeness (QED) is 0.142. The highest BCUT2D eigenvalue weighted by Gasteiger charge is 2.27. The number of thiophene rings is 4. The second-order valence-corrected chi connectivity index (χ2v) is 18.4. The standard InChI is InChI=1S/C48H28N6S5/c1-5-13-29(14-6-1)53(30-15-7-2-8-16-30)37-23-21-35(57-37)39-43-44(50-42-34-26-28-56-48(34)47-33(25-27-55-47)41(42)49-43)40(46-45(39)51-59-52-46)36-22-24-38(58-36)54(31-17-9-3-10-18-31)32-19-11-4-12-20-32/h1-28H. The van der Waals surface area contributed by atoms with Gasteiger partial charge in [-0.25, -0.2) is 9.97 Å². The molecule has 0 spiro atoms. The summed E-state index contributed by atoms with van der Waals surface area (Å²) < 4.78 is 12.6. The molecule has 0 bridgehead atoms. The summed E-state index contributed by atoms with van der Waals surface area (Å²) in [7, 11) is 0. The average Bonchev–Trinajstić information content (AvgIpc) is 4.15. The molecule has 12 rings (SSSR count). The molecule has 6 aromatic heterocycles. The zero-order chi connectivity index (χ0) is 38.9. The Labute approximate surface area is 358 Å². The smallest absolute Gasteiger partial charge is 0.116 e. The molecule has 12 aromatic rings. The maximum Gasteiger partial charge on any atom is 0.116 e. The molecule has 280 valence electrons. The summed E-state index contributed by atoms with van der Waals surface area (Å²) in [6, 6.07) is 55.4. The van der Waals surface area contributed by atoms with Gasteiger partial charge in [-0.05, 0) is 95.7 Å². The van der Waals surface area contributed by atoms with Crippen molar-refractivity contribution in [1.29, 1.82) is 0 Å². The summed E-state index contributed by atoms with van der Waals surface area (Å²) in [6.45, 7) is 0. The van der Waals surface area contributed by atoms with Crippen LogP contribution in [0.4, 0.5) is 32.8 Å². The lowest BCUT2D eigenvalue weighted by Gasteiger charge is -2.23. The number of hydrogen-bond acceptors (Lipinski definition) is 11. The number of para-hydroxylation sites is 4. The maximum atomic E-state index is 5.68. The van der Waals surface area contributed by atoms with Crippen molar-refractivity contribution < 1.29 is 0 Å². The van der Waals surface area contributed by atoms with Gasteiger partial charge in [0.15, 0.2) is 0 Å². The number of rotatable bonds is 8. The largest absolute Gasteiger partial charge is 0.302 e. The number of aromatic nitrogens is 4. The Morgan fingerprint density at radius 1 is 0.356 bits per heavy atom. The van der Waals surface area contributed by atoms with Gasteiger partial charge in [-0.15, -0.1) is 45.3 Å². The Morgan fingerprint density at radius 2 is 0.729 bits per heavy atom. The first-order chi connectivity index (χ1) is 29.3. The van der Waals surface area contributed by atoms with Gasteiger partial charge in [0.1, 0.15) is 32.1 Å². The first kappa shape index (κ1) is 34.7. The summed E-state index contributed by atoms with van der Waals surface area (Å²) in [4.78, 5) is 18.1. The van der Waals surface area contributed by atoms with Crippen LogP contribution in [0, 0.1) is 0 Å². The van der Waals surface area contributed by atoms with Crippen molar-refractivity contribution in [2.24, 2.45) is 0 Å². The predicted molar refractivity (Wildman–Crippen MR) is 255 cm³/mol. The van der Waals surface area contributed by atoms with Gasteiger partial charge in [0, 0.05) is 54.4 Å². The highest BCUT2D eigenvalue weighted by molar-refractivity contribution is 7.26. The lowest BCUT2D eigenvalue weighted by Crippen LogP contribution is -2.07. The zero-order valence-electron chi connectivity index (χ0n) is 30.9. The molecule has 0 saturated carbocycles. The Bertz CT molecular complexity index is 3160. The molecule has 0 saturated heterocycles. The fourth-order valence-corrected chi connectivity index (χ4v) is 12.7. The van der Waals surface area contributed by atoms with Crippen LogP contribution in [0.1, 0.15) is 0 Å². The summed E-state index contributed by atoms with van der Waals surface area (Å²) in [5, 5.41) is 8.77. The fourth-order valence-electron chi connectivity index (χ4n) is 7.99. The van der Waals surface area contributed by atoms with Crippen molar-refractivity contribution in [3.63, 3.8) is 0 Å². The third-order valence-electron chi connectivity index (χ3n) is 10.6. The van der Waals surface area contributed by atoms with E-state index in [0.717, 1.165) is 97.5 Å². The molecular weight excluding hydrogens is 821 g/mol. The fraction of sp³-hybridized carbons (Fsp3) is 0. The molecule has 0 atom stereocenters. The van der Waals surface area contributed by atoms with E-state index in [-0.39, 0.29) is 0 Å². The molecule has 0 radical (unpaired) electrons. The van der Waals surface area contributed by atoms with Crippen molar-refractivity contribution in [3.05, 3.63) is 168 Å². The summed E-state index contributed by atoms with van der Waals surface area (Å²) in [5.74, 6) is 0. The zero-order valence-corrected chi connectivity index (χ0v) is 35.0. The minimum Gasteiger partial charge on any atom is -0.302 e. The molecule has 0 aliphatic heterocycles. The highest BCUT2D eigenvalue weighted by Crippen LogP contribution is 2.51. The van der Waals surface area contributed by atoms with Gasteiger partial charge < -0.3 is 9.80 Å². The Morgan fingerprint density at radius 3 is 1.10 bits per heavy atom. The van der Waals surface area contributed by atoms with E-state index >= 15 is 0 Å². The predicted octanol–water partition coefficient (Wildman–Crippen LogP) is 15.6. The van der Waals surface area contributed by atoms with Gasteiger partial charge in [0.2, 0.25) is 0 Å². The van der Waals surface area contributed by atoms with Crippen LogP contribution in [0.3, 0.4) is 0 Å². The lowest BCUT2D eigenvalue weighted by molar-refractivity contribution is 1.32. The van der Waals surface area contributed by atoms with Crippen LogP contribution in [-0.2, 0) is 0 Å². The Hall–Kier alpha value is -6.34. The van der Waals surface area contributed by atoms with Crippen molar-refractivity contribution in [2.75, 3.05) is 9.80 Å². The van der Waals surface area contributed by atoms with Crippen LogP contribution < -0.4 is 9.80 Å². The van der Waals surface area contributed by atoms with E-state index in [4.69, 9.17) is 18.7 Å². The third-order valence-corrected chi connectivity index (χ3v) is 15.3. The van der Waals surface area contributed by atoms with Gasteiger partial charge in [0.25, 0.3) is 0 Å². The molecule has 0 aliphatic carbocycles.